The van der Waals surface area contributed by atoms with Gasteiger partial charge in [0.05, 0.1) is 12.6 Å². The Morgan fingerprint density at radius 1 is 0.639 bits per heavy atom. The van der Waals surface area contributed by atoms with Crippen LogP contribution in [0.4, 0.5) is 0 Å². The number of hydrogen-bond acceptors (Lipinski definition) is 10. The van der Waals surface area contributed by atoms with Gasteiger partial charge < -0.3 is 57.7 Å². The molecule has 4 rings (SSSR count). The summed E-state index contributed by atoms with van der Waals surface area (Å²) in [6, 6.07) is 13.2. The van der Waals surface area contributed by atoms with Crippen LogP contribution in [0.5, 0.6) is 5.75 Å². The zero-order valence-electron chi connectivity index (χ0n) is 33.8. The summed E-state index contributed by atoms with van der Waals surface area (Å²) in [7, 11) is 0. The molecule has 1 aromatic heterocycles. The first-order chi connectivity index (χ1) is 29.1. The molecule has 0 aliphatic heterocycles. The molecule has 326 valence electrons. The number of amides is 5. The Kier molecular flexibility index (Phi) is 17.3. The molecule has 1 heterocycles. The summed E-state index contributed by atoms with van der Waals surface area (Å²) in [5.41, 5.74) is 8.48. The first kappa shape index (κ1) is 46.9. The van der Waals surface area contributed by atoms with Gasteiger partial charge in [0.1, 0.15) is 36.0 Å². The minimum atomic E-state index is -1.62. The number of H-pyrrole nitrogens is 1. The highest BCUT2D eigenvalue weighted by Gasteiger charge is 2.34. The van der Waals surface area contributed by atoms with E-state index in [0.29, 0.717) is 23.1 Å². The number of nitrogens with one attached hydrogen (secondary N) is 6. The normalized spacial score (nSPS) is 14.6. The first-order valence-corrected chi connectivity index (χ1v) is 19.8. The van der Waals surface area contributed by atoms with Gasteiger partial charge in [-0.1, -0.05) is 80.9 Å². The molecule has 0 saturated carbocycles. The second kappa shape index (κ2) is 22.5. The molecule has 5 amide bonds. The van der Waals surface area contributed by atoms with Crippen LogP contribution in [0.1, 0.15) is 49.8 Å². The van der Waals surface area contributed by atoms with Gasteiger partial charge >= 0.3 is 11.9 Å². The Morgan fingerprint density at radius 2 is 1.13 bits per heavy atom. The van der Waals surface area contributed by atoms with E-state index in [0.717, 1.165) is 10.9 Å². The third-order valence-corrected chi connectivity index (χ3v) is 10.3. The fourth-order valence-electron chi connectivity index (χ4n) is 6.45. The van der Waals surface area contributed by atoms with E-state index in [1.807, 2.05) is 25.1 Å². The van der Waals surface area contributed by atoms with Gasteiger partial charge in [0, 0.05) is 42.8 Å². The molecular weight excluding hydrogens is 791 g/mol. The van der Waals surface area contributed by atoms with Gasteiger partial charge in [-0.2, -0.15) is 0 Å². The molecule has 0 fully saturated rings. The van der Waals surface area contributed by atoms with Crippen LogP contribution in [0.15, 0.2) is 85.1 Å². The number of para-hydroxylation sites is 1. The quantitative estimate of drug-likeness (QED) is 0.0491. The number of phenolic OH excluding ortho intramolecular Hbond substituents is 1. The van der Waals surface area contributed by atoms with Crippen molar-refractivity contribution >= 4 is 52.4 Å². The van der Waals surface area contributed by atoms with Crippen molar-refractivity contribution in [1.82, 2.24) is 31.6 Å². The standard InChI is InChI=1S/C43H53N7O11/c1-3-24(2)37(44)42(59)50-35(23-51)41(58)49-34(21-27-22-45-30-12-8-7-11-29(27)30)40(57)48-32(19-25-9-5-4-6-10-25)39(56)47-33(20-26-13-15-28(52)16-14-26)38(55)46-31(43(60)61)17-18-36(53)54/h4-16,22,24,31-35,37,45,51-52H,3,17-21,23,44H2,1-2H3,(H,46,55)(H,47,56)(H,48,57)(H,49,58)(H,50,59)(H,53,54)(H,60,61)/t24-,31-,32-,33-,34-,35-,37-/m0/s1. The van der Waals surface area contributed by atoms with Crippen molar-refractivity contribution in [2.75, 3.05) is 6.61 Å². The number of fused-ring (bicyclic) bond motifs is 1. The van der Waals surface area contributed by atoms with Gasteiger partial charge in [-0.3, -0.25) is 28.8 Å². The molecule has 4 aromatic rings. The lowest BCUT2D eigenvalue weighted by Gasteiger charge is -2.27. The second-order valence-electron chi connectivity index (χ2n) is 14.8. The largest absolute Gasteiger partial charge is 0.508 e. The van der Waals surface area contributed by atoms with Crippen LogP contribution in [0.2, 0.25) is 0 Å². The molecular formula is C43H53N7O11. The highest BCUT2D eigenvalue weighted by molar-refractivity contribution is 5.97. The molecule has 3 aromatic carbocycles. The monoisotopic (exact) mass is 843 g/mol. The fourth-order valence-corrected chi connectivity index (χ4v) is 6.45. The molecule has 0 radical (unpaired) electrons. The lowest BCUT2D eigenvalue weighted by molar-refractivity contribution is -0.143. The van der Waals surface area contributed by atoms with Gasteiger partial charge in [-0.25, -0.2) is 4.79 Å². The van der Waals surface area contributed by atoms with Crippen molar-refractivity contribution in [3.05, 3.63) is 102 Å². The average Bonchev–Trinajstić information content (AvgIpc) is 3.65. The molecule has 0 spiro atoms. The van der Waals surface area contributed by atoms with Gasteiger partial charge in [0.2, 0.25) is 29.5 Å². The zero-order chi connectivity index (χ0) is 44.6. The molecule has 12 N–H and O–H groups in total. The van der Waals surface area contributed by atoms with Gasteiger partial charge in [0.25, 0.3) is 0 Å². The molecule has 18 nitrogen and oxygen atoms in total. The van der Waals surface area contributed by atoms with E-state index in [1.165, 1.54) is 24.3 Å². The highest BCUT2D eigenvalue weighted by Crippen LogP contribution is 2.20. The Bertz CT molecular complexity index is 2140. The number of aliphatic hydroxyl groups excluding tert-OH is 1. The summed E-state index contributed by atoms with van der Waals surface area (Å²) < 4.78 is 0. The number of aliphatic hydroxyl groups is 1. The molecule has 0 bridgehead atoms. The van der Waals surface area contributed by atoms with Crippen molar-refractivity contribution in [3.63, 3.8) is 0 Å². The number of hydrogen-bond donors (Lipinski definition) is 11. The fraction of sp³-hybridized carbons (Fsp3) is 0.372. The number of phenols is 1. The molecule has 18 heteroatoms. The average molecular weight is 844 g/mol. The van der Waals surface area contributed by atoms with E-state index in [4.69, 9.17) is 10.8 Å². The summed E-state index contributed by atoms with van der Waals surface area (Å²) in [4.78, 5) is 95.3. The summed E-state index contributed by atoms with van der Waals surface area (Å²) in [6.45, 7) is 2.78. The van der Waals surface area contributed by atoms with Crippen LogP contribution in [0.3, 0.4) is 0 Å². The van der Waals surface area contributed by atoms with E-state index >= 15 is 0 Å². The van der Waals surface area contributed by atoms with Crippen molar-refractivity contribution < 1.29 is 54.0 Å². The number of carboxylic acids is 2. The predicted molar refractivity (Wildman–Crippen MR) is 223 cm³/mol. The molecule has 61 heavy (non-hydrogen) atoms. The minimum absolute atomic E-state index is 0.0734. The number of aliphatic carboxylic acids is 2. The maximum absolute atomic E-state index is 14.4. The number of carbonyl (C=O) groups excluding carboxylic acids is 5. The highest BCUT2D eigenvalue weighted by atomic mass is 16.4. The predicted octanol–water partition coefficient (Wildman–Crippen LogP) is 0.641. The Morgan fingerprint density at radius 3 is 1.67 bits per heavy atom. The van der Waals surface area contributed by atoms with Crippen molar-refractivity contribution in [2.45, 2.75) is 88.6 Å². The maximum atomic E-state index is 14.4. The van der Waals surface area contributed by atoms with Crippen molar-refractivity contribution in [3.8, 4) is 5.75 Å². The summed E-state index contributed by atoms with van der Waals surface area (Å²) >= 11 is 0. The molecule has 0 aliphatic rings. The minimum Gasteiger partial charge on any atom is -0.508 e. The van der Waals surface area contributed by atoms with Gasteiger partial charge in [0.15, 0.2) is 0 Å². The maximum Gasteiger partial charge on any atom is 0.326 e. The van der Waals surface area contributed by atoms with Crippen LogP contribution in [-0.4, -0.2) is 110 Å². The summed E-state index contributed by atoms with van der Waals surface area (Å²) in [5, 5.41) is 52.3. The topological polar surface area (TPSA) is 302 Å². The molecule has 0 aliphatic carbocycles. The zero-order valence-corrected chi connectivity index (χ0v) is 33.8. The second-order valence-corrected chi connectivity index (χ2v) is 14.8. The number of nitrogens with two attached hydrogens (primary N) is 1. The van der Waals surface area contributed by atoms with Crippen LogP contribution in [0, 0.1) is 5.92 Å². The van der Waals surface area contributed by atoms with Crippen LogP contribution in [-0.2, 0) is 52.8 Å². The number of aromatic hydroxyl groups is 1. The summed E-state index contributed by atoms with van der Waals surface area (Å²) in [6.07, 6.45) is 0.797. The molecule has 7 atom stereocenters. The van der Waals surface area contributed by atoms with E-state index < -0.39 is 97.2 Å². The third-order valence-electron chi connectivity index (χ3n) is 10.3. The lowest BCUT2D eigenvalue weighted by atomic mass is 9.99. The third kappa shape index (κ3) is 13.9. The lowest BCUT2D eigenvalue weighted by Crippen LogP contribution is -2.60. The number of aromatic amines is 1. The molecule has 0 unspecified atom stereocenters. The Hall–Kier alpha value is -6.79. The van der Waals surface area contributed by atoms with E-state index in [9.17, 15) is 48.9 Å². The van der Waals surface area contributed by atoms with Crippen LogP contribution >= 0.6 is 0 Å². The van der Waals surface area contributed by atoms with E-state index in [-0.39, 0.29) is 30.9 Å². The van der Waals surface area contributed by atoms with E-state index in [1.54, 1.807) is 49.5 Å². The number of rotatable bonds is 23. The summed E-state index contributed by atoms with van der Waals surface area (Å²) in [5.74, 6) is -7.34. The number of benzene rings is 3. The SMILES string of the molecule is CC[C@H](C)[C@H](N)C(=O)N[C@@H](CO)C(=O)N[C@@H](Cc1c[nH]c2ccccc12)C(=O)N[C@@H](Cc1ccccc1)C(=O)N[C@@H](Cc1ccc(O)cc1)C(=O)N[C@@H](CCC(=O)O)C(=O)O. The van der Waals surface area contributed by atoms with Gasteiger partial charge in [-0.15, -0.1) is 0 Å². The Labute approximate surface area is 351 Å². The number of carboxylic acid groups (broad SMARTS) is 2. The number of aromatic nitrogens is 1. The van der Waals surface area contributed by atoms with Crippen molar-refractivity contribution in [2.24, 2.45) is 11.7 Å². The molecule has 0 saturated heterocycles. The first-order valence-electron chi connectivity index (χ1n) is 19.8. The van der Waals surface area contributed by atoms with Crippen LogP contribution < -0.4 is 32.3 Å². The number of carbonyl (C=O) groups is 7. The smallest absolute Gasteiger partial charge is 0.326 e. The van der Waals surface area contributed by atoms with E-state index in [2.05, 4.69) is 31.6 Å². The van der Waals surface area contributed by atoms with Gasteiger partial charge in [-0.05, 0) is 47.2 Å². The van der Waals surface area contributed by atoms with Crippen LogP contribution in [0.25, 0.3) is 10.9 Å². The Balaban J connectivity index is 1.66. The van der Waals surface area contributed by atoms with Crippen molar-refractivity contribution in [1.29, 1.82) is 0 Å².